The molecule has 38 heavy (non-hydrogen) atoms. The van der Waals surface area contributed by atoms with Crippen molar-refractivity contribution in [3.63, 3.8) is 0 Å². The third-order valence-corrected chi connectivity index (χ3v) is 7.81. The van der Waals surface area contributed by atoms with Crippen LogP contribution in [-0.2, 0) is 22.6 Å². The first-order valence-electron chi connectivity index (χ1n) is 13.4. The number of nitrogens with one attached hydrogen (secondary N) is 1. The van der Waals surface area contributed by atoms with Gasteiger partial charge in [-0.3, -0.25) is 9.59 Å². The van der Waals surface area contributed by atoms with Gasteiger partial charge in [0.2, 0.25) is 5.91 Å². The van der Waals surface area contributed by atoms with Gasteiger partial charge in [-0.25, -0.2) is 0 Å². The van der Waals surface area contributed by atoms with Crippen LogP contribution < -0.4 is 10.1 Å². The van der Waals surface area contributed by atoms with Crippen LogP contribution in [0.3, 0.4) is 0 Å². The Morgan fingerprint density at radius 1 is 0.947 bits per heavy atom. The first-order valence-corrected chi connectivity index (χ1v) is 13.8. The fourth-order valence-electron chi connectivity index (χ4n) is 5.03. The first-order chi connectivity index (χ1) is 18.3. The number of nitrogens with zero attached hydrogens (tertiary/aromatic N) is 1. The molecule has 1 saturated carbocycles. The van der Waals surface area contributed by atoms with Gasteiger partial charge in [-0.1, -0.05) is 84.6 Å². The van der Waals surface area contributed by atoms with Gasteiger partial charge in [0, 0.05) is 24.0 Å². The van der Waals surface area contributed by atoms with Crippen molar-refractivity contribution >= 4 is 23.4 Å². The minimum absolute atomic E-state index is 0.112. The lowest BCUT2D eigenvalue weighted by Crippen LogP contribution is -2.53. The van der Waals surface area contributed by atoms with E-state index in [9.17, 15) is 9.59 Å². The highest BCUT2D eigenvalue weighted by molar-refractivity contribution is 6.32. The number of benzene rings is 3. The minimum Gasteiger partial charge on any atom is -0.484 e. The smallest absolute Gasteiger partial charge is 0.261 e. The van der Waals surface area contributed by atoms with E-state index in [4.69, 9.17) is 16.3 Å². The highest BCUT2D eigenvalue weighted by Gasteiger charge is 2.32. The van der Waals surface area contributed by atoms with Gasteiger partial charge in [0.1, 0.15) is 11.8 Å². The normalized spacial score (nSPS) is 14.2. The number of hydrogen-bond acceptors (Lipinski definition) is 3. The van der Waals surface area contributed by atoms with Crippen LogP contribution in [0.5, 0.6) is 5.75 Å². The van der Waals surface area contributed by atoms with E-state index in [2.05, 4.69) is 5.32 Å². The molecule has 1 unspecified atom stereocenters. The second-order valence-electron chi connectivity index (χ2n) is 10.4. The molecule has 0 aromatic heterocycles. The molecule has 1 atom stereocenters. The summed E-state index contributed by atoms with van der Waals surface area (Å²) in [7, 11) is 0. The van der Waals surface area contributed by atoms with Gasteiger partial charge in [0.25, 0.3) is 5.91 Å². The molecule has 5 nitrogen and oxygen atoms in total. The molecule has 1 N–H and O–H groups in total. The Bertz CT molecular complexity index is 1210. The van der Waals surface area contributed by atoms with Crippen LogP contribution in [0.15, 0.2) is 66.7 Å². The standard InChI is InChI=1S/C32H37ClN2O3/c1-22-13-15-26(16-14-22)20-35(30(36)21-38-28-17-23(2)31(33)24(3)18-28)29(19-25-9-5-4-6-10-25)32(37)34-27-11-7-8-12-27/h4-6,9-10,13-18,27,29H,7-8,11-12,19-21H2,1-3H3,(H,34,37). The van der Waals surface area contributed by atoms with E-state index in [-0.39, 0.29) is 24.5 Å². The summed E-state index contributed by atoms with van der Waals surface area (Å²) in [5.41, 5.74) is 4.90. The predicted octanol–water partition coefficient (Wildman–Crippen LogP) is 6.34. The quantitative estimate of drug-likeness (QED) is 0.331. The number of amides is 2. The average molecular weight is 533 g/mol. The van der Waals surface area contributed by atoms with Gasteiger partial charge in [-0.2, -0.15) is 0 Å². The molecule has 4 rings (SSSR count). The van der Waals surface area contributed by atoms with Crippen molar-refractivity contribution in [1.82, 2.24) is 10.2 Å². The molecule has 0 spiro atoms. The van der Waals surface area contributed by atoms with Gasteiger partial charge >= 0.3 is 0 Å². The fraction of sp³-hybridized carbons (Fsp3) is 0.375. The first kappa shape index (κ1) is 27.7. The van der Waals surface area contributed by atoms with Crippen molar-refractivity contribution in [3.8, 4) is 5.75 Å². The topological polar surface area (TPSA) is 58.6 Å². The number of aryl methyl sites for hydroxylation is 3. The molecule has 3 aromatic carbocycles. The van der Waals surface area contributed by atoms with Crippen LogP contribution in [0.1, 0.15) is 53.5 Å². The number of hydrogen-bond donors (Lipinski definition) is 1. The average Bonchev–Trinajstić information content (AvgIpc) is 3.42. The number of carbonyl (C=O) groups excluding carboxylic acids is 2. The van der Waals surface area contributed by atoms with Crippen molar-refractivity contribution in [2.75, 3.05) is 6.61 Å². The van der Waals surface area contributed by atoms with Crippen molar-refractivity contribution in [2.24, 2.45) is 0 Å². The molecular weight excluding hydrogens is 496 g/mol. The maximum absolute atomic E-state index is 13.8. The predicted molar refractivity (Wildman–Crippen MR) is 152 cm³/mol. The third-order valence-electron chi connectivity index (χ3n) is 7.22. The van der Waals surface area contributed by atoms with Gasteiger partial charge in [0.05, 0.1) is 0 Å². The molecule has 200 valence electrons. The zero-order valence-electron chi connectivity index (χ0n) is 22.5. The largest absolute Gasteiger partial charge is 0.484 e. The maximum Gasteiger partial charge on any atom is 0.261 e. The summed E-state index contributed by atoms with van der Waals surface area (Å²) < 4.78 is 5.95. The summed E-state index contributed by atoms with van der Waals surface area (Å²) in [6.07, 6.45) is 4.63. The van der Waals surface area contributed by atoms with E-state index in [1.807, 2.05) is 87.5 Å². The van der Waals surface area contributed by atoms with Crippen molar-refractivity contribution in [3.05, 3.63) is 99.6 Å². The lowest BCUT2D eigenvalue weighted by atomic mass is 10.0. The van der Waals surface area contributed by atoms with Gasteiger partial charge in [-0.15, -0.1) is 0 Å². The van der Waals surface area contributed by atoms with Crippen molar-refractivity contribution in [2.45, 2.75) is 71.5 Å². The Balaban J connectivity index is 1.61. The molecule has 0 bridgehead atoms. The second kappa shape index (κ2) is 13.0. The van der Waals surface area contributed by atoms with Crippen molar-refractivity contribution in [1.29, 1.82) is 0 Å². The monoisotopic (exact) mass is 532 g/mol. The Hall–Kier alpha value is -3.31. The highest BCUT2D eigenvalue weighted by Crippen LogP contribution is 2.26. The summed E-state index contributed by atoms with van der Waals surface area (Å²) in [4.78, 5) is 29.2. The molecule has 1 aliphatic carbocycles. The summed E-state index contributed by atoms with van der Waals surface area (Å²) in [5.74, 6) is 0.237. The van der Waals surface area contributed by atoms with Crippen LogP contribution in [0.2, 0.25) is 5.02 Å². The molecule has 0 heterocycles. The maximum atomic E-state index is 13.8. The van der Waals surface area contributed by atoms with E-state index < -0.39 is 6.04 Å². The molecule has 3 aromatic rings. The Labute approximate surface area is 231 Å². The second-order valence-corrected chi connectivity index (χ2v) is 10.7. The molecule has 1 fully saturated rings. The summed E-state index contributed by atoms with van der Waals surface area (Å²) in [5, 5.41) is 3.93. The van der Waals surface area contributed by atoms with Gasteiger partial charge in [-0.05, 0) is 68.0 Å². The lowest BCUT2D eigenvalue weighted by Gasteiger charge is -2.32. The number of rotatable bonds is 10. The number of ether oxygens (including phenoxy) is 1. The molecule has 0 saturated heterocycles. The highest BCUT2D eigenvalue weighted by atomic mass is 35.5. The fourth-order valence-corrected chi connectivity index (χ4v) is 5.14. The third kappa shape index (κ3) is 7.38. The lowest BCUT2D eigenvalue weighted by molar-refractivity contribution is -0.143. The SMILES string of the molecule is Cc1ccc(CN(C(=O)COc2cc(C)c(Cl)c(C)c2)C(Cc2ccccc2)C(=O)NC2CCCC2)cc1. The van der Waals surface area contributed by atoms with E-state index in [0.717, 1.165) is 53.5 Å². The van der Waals surface area contributed by atoms with Gasteiger partial charge in [0.15, 0.2) is 6.61 Å². The van der Waals surface area contributed by atoms with Crippen LogP contribution >= 0.6 is 11.6 Å². The Morgan fingerprint density at radius 3 is 2.21 bits per heavy atom. The van der Waals surface area contributed by atoms with E-state index in [0.29, 0.717) is 23.7 Å². The molecular formula is C32H37ClN2O3. The van der Waals surface area contributed by atoms with Crippen molar-refractivity contribution < 1.29 is 14.3 Å². The molecule has 6 heteroatoms. The van der Waals surface area contributed by atoms with Crippen LogP contribution in [-0.4, -0.2) is 35.4 Å². The zero-order chi connectivity index (χ0) is 27.1. The van der Waals surface area contributed by atoms with E-state index >= 15 is 0 Å². The summed E-state index contributed by atoms with van der Waals surface area (Å²) in [6, 6.07) is 21.1. The van der Waals surface area contributed by atoms with Crippen LogP contribution in [0.4, 0.5) is 0 Å². The minimum atomic E-state index is -0.663. The van der Waals surface area contributed by atoms with E-state index in [1.165, 1.54) is 0 Å². The molecule has 0 aliphatic heterocycles. The van der Waals surface area contributed by atoms with E-state index in [1.54, 1.807) is 4.90 Å². The van der Waals surface area contributed by atoms with Gasteiger partial charge < -0.3 is 15.0 Å². The zero-order valence-corrected chi connectivity index (χ0v) is 23.3. The van der Waals surface area contributed by atoms with Crippen LogP contribution in [0, 0.1) is 20.8 Å². The Kier molecular flexibility index (Phi) is 9.46. The summed E-state index contributed by atoms with van der Waals surface area (Å²) >= 11 is 6.31. The molecule has 2 amide bonds. The number of halogens is 1. The Morgan fingerprint density at radius 2 is 1.58 bits per heavy atom. The number of carbonyl (C=O) groups is 2. The molecule has 1 aliphatic rings. The summed E-state index contributed by atoms with van der Waals surface area (Å²) in [6.45, 7) is 6.00. The molecule has 0 radical (unpaired) electrons. The van der Waals surface area contributed by atoms with Crippen LogP contribution in [0.25, 0.3) is 0 Å².